The largest absolute Gasteiger partial charge is 0.331 e. The number of nitrogens with zero attached hydrogens (tertiary/aromatic N) is 1. The molecule has 0 radical (unpaired) electrons. The number of H-pyrrole nitrogens is 1. The van der Waals surface area contributed by atoms with E-state index in [-0.39, 0.29) is 20.4 Å². The fraction of sp³-hybridized carbons (Fsp3) is 0. The van der Waals surface area contributed by atoms with Crippen LogP contribution in [0.15, 0.2) is 28.4 Å². The minimum atomic E-state index is -0.725. The van der Waals surface area contributed by atoms with Crippen LogP contribution >= 0.6 is 46.8 Å². The van der Waals surface area contributed by atoms with Crippen LogP contribution in [0.3, 0.4) is 0 Å². The number of hydrogen-bond donors (Lipinski definition) is 1. The van der Waals surface area contributed by atoms with Crippen LogP contribution in [-0.4, -0.2) is 9.55 Å². The fourth-order valence-electron chi connectivity index (χ4n) is 1.84. The Morgan fingerprint density at radius 3 is 2.60 bits per heavy atom. The van der Waals surface area contributed by atoms with Gasteiger partial charge in [0.25, 0.3) is 5.56 Å². The Labute approximate surface area is 131 Å². The molecule has 3 rings (SSSR count). The molecule has 0 fully saturated rings. The average Bonchev–Trinajstić information content (AvgIpc) is 2.84. The van der Waals surface area contributed by atoms with Gasteiger partial charge in [-0.1, -0.05) is 23.2 Å². The summed E-state index contributed by atoms with van der Waals surface area (Å²) >= 11 is 18.0. The van der Waals surface area contributed by atoms with Gasteiger partial charge in [0.2, 0.25) is 0 Å². The third kappa shape index (κ3) is 2.09. The van der Waals surface area contributed by atoms with Crippen molar-refractivity contribution < 1.29 is 4.39 Å². The zero-order valence-corrected chi connectivity index (χ0v) is 12.8. The van der Waals surface area contributed by atoms with Crippen molar-refractivity contribution in [2.45, 2.75) is 0 Å². The molecule has 0 amide bonds. The Morgan fingerprint density at radius 1 is 1.30 bits per heavy atom. The molecule has 0 aliphatic heterocycles. The van der Waals surface area contributed by atoms with E-state index in [1.54, 1.807) is 11.4 Å². The van der Waals surface area contributed by atoms with Crippen LogP contribution in [0.1, 0.15) is 0 Å². The highest BCUT2D eigenvalue weighted by Crippen LogP contribution is 2.26. The SMILES string of the molecule is O=c1c2sccc2[nH]c(=S)n1-c1cc(Cl)c(F)c(Cl)c1. The van der Waals surface area contributed by atoms with Crippen molar-refractivity contribution in [2.24, 2.45) is 0 Å². The van der Waals surface area contributed by atoms with Crippen molar-refractivity contribution in [3.63, 3.8) is 0 Å². The number of thiophene rings is 1. The van der Waals surface area contributed by atoms with Gasteiger partial charge in [0.05, 0.1) is 21.2 Å². The lowest BCUT2D eigenvalue weighted by atomic mass is 10.3. The van der Waals surface area contributed by atoms with E-state index in [2.05, 4.69) is 4.98 Å². The number of benzene rings is 1. The summed E-state index contributed by atoms with van der Waals surface area (Å²) < 4.78 is 15.4. The molecule has 0 saturated carbocycles. The number of rotatable bonds is 1. The van der Waals surface area contributed by atoms with Gasteiger partial charge in [0, 0.05) is 0 Å². The van der Waals surface area contributed by atoms with Crippen molar-refractivity contribution in [3.05, 3.63) is 54.6 Å². The summed E-state index contributed by atoms with van der Waals surface area (Å²) in [7, 11) is 0. The zero-order chi connectivity index (χ0) is 14.4. The van der Waals surface area contributed by atoms with Crippen LogP contribution in [0.25, 0.3) is 15.9 Å². The molecular weight excluding hydrogens is 342 g/mol. The second-order valence-corrected chi connectivity index (χ2v) is 6.07. The van der Waals surface area contributed by atoms with Crippen LogP contribution in [-0.2, 0) is 0 Å². The van der Waals surface area contributed by atoms with Crippen LogP contribution < -0.4 is 5.56 Å². The first kappa shape index (κ1) is 13.8. The molecule has 2 aromatic heterocycles. The Bertz CT molecular complexity index is 922. The number of halogens is 3. The summed E-state index contributed by atoms with van der Waals surface area (Å²) in [6.45, 7) is 0. The third-order valence-corrected chi connectivity index (χ3v) is 4.47. The highest BCUT2D eigenvalue weighted by atomic mass is 35.5. The first-order valence-corrected chi connectivity index (χ1v) is 7.41. The van der Waals surface area contributed by atoms with Gasteiger partial charge >= 0.3 is 0 Å². The van der Waals surface area contributed by atoms with Crippen molar-refractivity contribution in [2.75, 3.05) is 0 Å². The lowest BCUT2D eigenvalue weighted by molar-refractivity contribution is 0.628. The molecule has 3 nitrogen and oxygen atoms in total. The third-order valence-electron chi connectivity index (χ3n) is 2.73. The molecule has 1 aromatic carbocycles. The Balaban J connectivity index is 2.40. The van der Waals surface area contributed by atoms with Gasteiger partial charge in [-0.25, -0.2) is 4.39 Å². The predicted molar refractivity (Wildman–Crippen MR) is 82.6 cm³/mol. The van der Waals surface area contributed by atoms with Crippen molar-refractivity contribution in [1.82, 2.24) is 9.55 Å². The predicted octanol–water partition coefficient (Wildman–Crippen LogP) is 4.56. The molecule has 2 heterocycles. The molecule has 0 unspecified atom stereocenters. The lowest BCUT2D eigenvalue weighted by Gasteiger charge is -2.08. The summed E-state index contributed by atoms with van der Waals surface area (Å²) in [5.74, 6) is -0.725. The van der Waals surface area contributed by atoms with E-state index in [0.29, 0.717) is 15.9 Å². The minimum absolute atomic E-state index is 0.167. The lowest BCUT2D eigenvalue weighted by Crippen LogP contribution is -2.19. The topological polar surface area (TPSA) is 37.8 Å². The maximum Gasteiger partial charge on any atom is 0.276 e. The van der Waals surface area contributed by atoms with Gasteiger partial charge in [-0.2, -0.15) is 0 Å². The van der Waals surface area contributed by atoms with E-state index in [9.17, 15) is 9.18 Å². The Morgan fingerprint density at radius 2 is 1.95 bits per heavy atom. The molecular formula is C12H5Cl2FN2OS2. The number of fused-ring (bicyclic) bond motifs is 1. The monoisotopic (exact) mass is 346 g/mol. The number of hydrogen-bond acceptors (Lipinski definition) is 3. The summed E-state index contributed by atoms with van der Waals surface area (Å²) in [5.41, 5.74) is 0.695. The second-order valence-electron chi connectivity index (χ2n) is 3.96. The Hall–Kier alpha value is -1.21. The molecule has 0 aliphatic rings. The molecule has 3 aromatic rings. The van der Waals surface area contributed by atoms with Crippen LogP contribution in [0, 0.1) is 10.6 Å². The molecule has 0 spiro atoms. The number of nitrogens with one attached hydrogen (secondary N) is 1. The van der Waals surface area contributed by atoms with Gasteiger partial charge in [-0.05, 0) is 35.8 Å². The van der Waals surface area contributed by atoms with E-state index >= 15 is 0 Å². The van der Waals surface area contributed by atoms with E-state index in [0.717, 1.165) is 0 Å². The molecule has 20 heavy (non-hydrogen) atoms. The van der Waals surface area contributed by atoms with Crippen LogP contribution in [0.4, 0.5) is 4.39 Å². The molecule has 8 heteroatoms. The first-order valence-electron chi connectivity index (χ1n) is 5.36. The smallest absolute Gasteiger partial charge is 0.276 e. The fourth-order valence-corrected chi connectivity index (χ4v) is 3.40. The minimum Gasteiger partial charge on any atom is -0.331 e. The molecule has 1 N–H and O–H groups in total. The molecule has 0 bridgehead atoms. The molecule has 102 valence electrons. The van der Waals surface area contributed by atoms with E-state index in [1.807, 2.05) is 0 Å². The summed E-state index contributed by atoms with van der Waals surface area (Å²) in [6, 6.07) is 4.40. The first-order chi connectivity index (χ1) is 9.49. The average molecular weight is 347 g/mol. The quantitative estimate of drug-likeness (QED) is 0.518. The van der Waals surface area contributed by atoms with Crippen LogP contribution in [0.2, 0.25) is 10.0 Å². The van der Waals surface area contributed by atoms with Gasteiger partial charge in [0.15, 0.2) is 10.6 Å². The van der Waals surface area contributed by atoms with Crippen LogP contribution in [0.5, 0.6) is 0 Å². The normalized spacial score (nSPS) is 11.2. The number of aromatic nitrogens is 2. The number of aromatic amines is 1. The maximum atomic E-state index is 13.4. The molecule has 0 aliphatic carbocycles. The summed E-state index contributed by atoms with van der Waals surface area (Å²) in [6.07, 6.45) is 0. The summed E-state index contributed by atoms with van der Waals surface area (Å²) in [5, 5.41) is 1.45. The zero-order valence-electron chi connectivity index (χ0n) is 9.62. The summed E-state index contributed by atoms with van der Waals surface area (Å²) in [4.78, 5) is 15.4. The van der Waals surface area contributed by atoms with E-state index in [1.165, 1.54) is 28.0 Å². The molecule has 0 saturated heterocycles. The maximum absolute atomic E-state index is 13.4. The highest BCUT2D eigenvalue weighted by molar-refractivity contribution is 7.71. The second kappa shape index (κ2) is 4.96. The van der Waals surface area contributed by atoms with Crippen molar-refractivity contribution >= 4 is 57.0 Å². The standard InChI is InChI=1S/C12H5Cl2FN2OS2/c13-6-3-5(4-7(14)9(6)15)17-11(18)10-8(1-2-20-10)16-12(17)19/h1-4H,(H,16,19). The molecule has 0 atom stereocenters. The van der Waals surface area contributed by atoms with Gasteiger partial charge < -0.3 is 4.98 Å². The Kier molecular flexibility index (Phi) is 3.41. The van der Waals surface area contributed by atoms with Crippen molar-refractivity contribution in [1.29, 1.82) is 0 Å². The highest BCUT2D eigenvalue weighted by Gasteiger charge is 2.13. The van der Waals surface area contributed by atoms with E-state index in [4.69, 9.17) is 35.4 Å². The van der Waals surface area contributed by atoms with Gasteiger partial charge in [-0.3, -0.25) is 9.36 Å². The van der Waals surface area contributed by atoms with Gasteiger partial charge in [-0.15, -0.1) is 11.3 Å². The van der Waals surface area contributed by atoms with Gasteiger partial charge in [0.1, 0.15) is 4.70 Å². The van der Waals surface area contributed by atoms with E-state index < -0.39 is 5.82 Å². The van der Waals surface area contributed by atoms with Crippen molar-refractivity contribution in [3.8, 4) is 5.69 Å².